The number of ether oxygens (including phenoxy) is 2. The summed E-state index contributed by atoms with van der Waals surface area (Å²) in [7, 11) is 1.67. The van der Waals surface area contributed by atoms with Crippen molar-refractivity contribution in [3.8, 4) is 5.75 Å². The number of benzene rings is 1. The van der Waals surface area contributed by atoms with Gasteiger partial charge in [-0.25, -0.2) is 4.79 Å². The number of anilines is 2. The molecule has 2 fully saturated rings. The van der Waals surface area contributed by atoms with E-state index in [1.807, 2.05) is 43.9 Å². The van der Waals surface area contributed by atoms with Crippen LogP contribution in [0.1, 0.15) is 40.0 Å². The van der Waals surface area contributed by atoms with E-state index >= 15 is 0 Å². The van der Waals surface area contributed by atoms with Gasteiger partial charge in [-0.15, -0.1) is 0 Å². The molecule has 2 N–H and O–H groups in total. The standard InChI is InChI=1S/C19H29N3O3/c1-18(2,3)25-17(23)22-12-9-19(22)7-10-21(11-8-19)15-6-5-14(20)13-16(15)24-4/h5-6,13H,7-12,20H2,1-4H3. The number of methoxy groups -OCH3 is 1. The SMILES string of the molecule is COc1cc(N)ccc1N1CCC2(CC1)CCN2C(=O)OC(C)(C)C. The number of piperidine rings is 1. The molecule has 25 heavy (non-hydrogen) atoms. The van der Waals surface area contributed by atoms with Gasteiger partial charge in [0.05, 0.1) is 18.3 Å². The van der Waals surface area contributed by atoms with Gasteiger partial charge in [0.2, 0.25) is 0 Å². The average molecular weight is 347 g/mol. The van der Waals surface area contributed by atoms with Gasteiger partial charge in [0.25, 0.3) is 0 Å². The highest BCUT2D eigenvalue weighted by Crippen LogP contribution is 2.43. The molecule has 1 aromatic rings. The van der Waals surface area contributed by atoms with Gasteiger partial charge in [-0.2, -0.15) is 0 Å². The second-order valence-corrected chi connectivity index (χ2v) is 8.02. The fourth-order valence-electron chi connectivity index (χ4n) is 3.78. The van der Waals surface area contributed by atoms with E-state index in [1.54, 1.807) is 7.11 Å². The van der Waals surface area contributed by atoms with Crippen LogP contribution in [0.2, 0.25) is 0 Å². The molecule has 0 atom stereocenters. The van der Waals surface area contributed by atoms with Crippen molar-refractivity contribution < 1.29 is 14.3 Å². The summed E-state index contributed by atoms with van der Waals surface area (Å²) in [4.78, 5) is 16.7. The second-order valence-electron chi connectivity index (χ2n) is 8.02. The van der Waals surface area contributed by atoms with Gasteiger partial charge >= 0.3 is 6.09 Å². The first-order valence-electron chi connectivity index (χ1n) is 8.93. The first-order valence-corrected chi connectivity index (χ1v) is 8.93. The summed E-state index contributed by atoms with van der Waals surface area (Å²) in [6.45, 7) is 8.30. The van der Waals surface area contributed by atoms with Crippen molar-refractivity contribution >= 4 is 17.5 Å². The summed E-state index contributed by atoms with van der Waals surface area (Å²) in [5.74, 6) is 0.800. The molecule has 0 bridgehead atoms. The third-order valence-corrected chi connectivity index (χ3v) is 5.23. The number of nitrogen functional groups attached to an aromatic ring is 1. The van der Waals surface area contributed by atoms with Gasteiger partial charge in [0.15, 0.2) is 0 Å². The fraction of sp³-hybridized carbons (Fsp3) is 0.632. The predicted octanol–water partition coefficient (Wildman–Crippen LogP) is 3.26. The lowest BCUT2D eigenvalue weighted by atomic mass is 9.76. The minimum Gasteiger partial charge on any atom is -0.495 e. The lowest BCUT2D eigenvalue weighted by molar-refractivity contribution is -0.0541. The molecule has 6 nitrogen and oxygen atoms in total. The number of rotatable bonds is 2. The Balaban J connectivity index is 1.67. The van der Waals surface area contributed by atoms with Gasteiger partial charge in [-0.05, 0) is 52.2 Å². The molecular formula is C19H29N3O3. The van der Waals surface area contributed by atoms with Crippen LogP contribution in [0.15, 0.2) is 18.2 Å². The van der Waals surface area contributed by atoms with E-state index in [4.69, 9.17) is 15.2 Å². The summed E-state index contributed by atoms with van der Waals surface area (Å²) in [6, 6.07) is 5.77. The van der Waals surface area contributed by atoms with Crippen molar-refractivity contribution in [1.82, 2.24) is 4.90 Å². The number of amides is 1. The topological polar surface area (TPSA) is 68.0 Å². The molecule has 1 spiro atoms. The lowest BCUT2D eigenvalue weighted by Crippen LogP contribution is -2.66. The second kappa shape index (κ2) is 6.32. The quantitative estimate of drug-likeness (QED) is 0.832. The first kappa shape index (κ1) is 17.7. The van der Waals surface area contributed by atoms with Crippen molar-refractivity contribution in [2.75, 3.05) is 37.4 Å². The third-order valence-electron chi connectivity index (χ3n) is 5.23. The Bertz CT molecular complexity index is 646. The lowest BCUT2D eigenvalue weighted by Gasteiger charge is -2.56. The Morgan fingerprint density at radius 1 is 1.16 bits per heavy atom. The number of hydrogen-bond donors (Lipinski definition) is 1. The summed E-state index contributed by atoms with van der Waals surface area (Å²) < 4.78 is 11.0. The number of nitrogens with zero attached hydrogens (tertiary/aromatic N) is 2. The molecule has 3 rings (SSSR count). The highest BCUT2D eigenvalue weighted by atomic mass is 16.6. The van der Waals surface area contributed by atoms with E-state index in [0.717, 1.165) is 50.3 Å². The van der Waals surface area contributed by atoms with Gasteiger partial charge in [0.1, 0.15) is 11.4 Å². The van der Waals surface area contributed by atoms with E-state index in [9.17, 15) is 4.79 Å². The molecule has 2 saturated heterocycles. The van der Waals surface area contributed by atoms with Crippen molar-refractivity contribution in [3.63, 3.8) is 0 Å². The summed E-state index contributed by atoms with van der Waals surface area (Å²) in [6.07, 6.45) is 2.76. The highest BCUT2D eigenvalue weighted by molar-refractivity contribution is 5.71. The van der Waals surface area contributed by atoms with Crippen molar-refractivity contribution in [2.24, 2.45) is 0 Å². The van der Waals surface area contributed by atoms with E-state index in [0.29, 0.717) is 5.69 Å². The normalized spacial score (nSPS) is 19.5. The Kier molecular flexibility index (Phi) is 4.47. The molecule has 2 aliphatic rings. The van der Waals surface area contributed by atoms with E-state index in [1.165, 1.54) is 0 Å². The van der Waals surface area contributed by atoms with Crippen molar-refractivity contribution in [1.29, 1.82) is 0 Å². The number of likely N-dealkylation sites (tertiary alicyclic amines) is 1. The van der Waals surface area contributed by atoms with E-state index < -0.39 is 5.60 Å². The van der Waals surface area contributed by atoms with Crippen LogP contribution >= 0.6 is 0 Å². The highest BCUT2D eigenvalue weighted by Gasteiger charge is 2.50. The monoisotopic (exact) mass is 347 g/mol. The smallest absolute Gasteiger partial charge is 0.410 e. The van der Waals surface area contributed by atoms with Crippen LogP contribution in [-0.2, 0) is 4.74 Å². The molecule has 0 aromatic heterocycles. The van der Waals surface area contributed by atoms with Crippen molar-refractivity contribution in [2.45, 2.75) is 51.2 Å². The molecule has 0 aliphatic carbocycles. The van der Waals surface area contributed by atoms with Gasteiger partial charge < -0.3 is 25.0 Å². The molecule has 2 aliphatic heterocycles. The molecule has 6 heteroatoms. The molecule has 0 unspecified atom stereocenters. The fourth-order valence-corrected chi connectivity index (χ4v) is 3.78. The molecule has 1 aromatic carbocycles. The Hall–Kier alpha value is -2.11. The van der Waals surface area contributed by atoms with Gasteiger partial charge in [-0.3, -0.25) is 0 Å². The van der Waals surface area contributed by atoms with Crippen LogP contribution in [0.5, 0.6) is 5.75 Å². The minimum atomic E-state index is -0.452. The zero-order valence-electron chi connectivity index (χ0n) is 15.7. The average Bonchev–Trinajstić information content (AvgIpc) is 2.52. The molecule has 1 amide bonds. The first-order chi connectivity index (χ1) is 11.7. The number of carbonyl (C=O) groups is 1. The predicted molar refractivity (Wildman–Crippen MR) is 99.1 cm³/mol. The summed E-state index contributed by atoms with van der Waals surface area (Å²) in [5.41, 5.74) is 7.12. The maximum Gasteiger partial charge on any atom is 0.410 e. The molecule has 0 radical (unpaired) electrons. The number of hydrogen-bond acceptors (Lipinski definition) is 5. The van der Waals surface area contributed by atoms with Crippen LogP contribution < -0.4 is 15.4 Å². The molecular weight excluding hydrogens is 318 g/mol. The van der Waals surface area contributed by atoms with Crippen LogP contribution in [0.3, 0.4) is 0 Å². The minimum absolute atomic E-state index is 0.0418. The zero-order valence-corrected chi connectivity index (χ0v) is 15.7. The van der Waals surface area contributed by atoms with Gasteiger partial charge in [-0.1, -0.05) is 0 Å². The molecule has 0 saturated carbocycles. The summed E-state index contributed by atoms with van der Waals surface area (Å²) in [5, 5.41) is 0. The maximum absolute atomic E-state index is 12.5. The van der Waals surface area contributed by atoms with Crippen LogP contribution in [-0.4, -0.2) is 48.9 Å². The largest absolute Gasteiger partial charge is 0.495 e. The molecule has 2 heterocycles. The Morgan fingerprint density at radius 3 is 2.32 bits per heavy atom. The Labute approximate surface area is 149 Å². The number of nitrogens with two attached hydrogens (primary N) is 1. The van der Waals surface area contributed by atoms with E-state index in [2.05, 4.69) is 4.90 Å². The van der Waals surface area contributed by atoms with Crippen molar-refractivity contribution in [3.05, 3.63) is 18.2 Å². The third kappa shape index (κ3) is 3.48. The van der Waals surface area contributed by atoms with Crippen LogP contribution in [0.4, 0.5) is 16.2 Å². The molecule has 138 valence electrons. The van der Waals surface area contributed by atoms with E-state index in [-0.39, 0.29) is 11.6 Å². The van der Waals surface area contributed by atoms with Crippen LogP contribution in [0.25, 0.3) is 0 Å². The Morgan fingerprint density at radius 2 is 1.80 bits per heavy atom. The van der Waals surface area contributed by atoms with Gasteiger partial charge in [0, 0.05) is 31.4 Å². The number of carbonyl (C=O) groups excluding carboxylic acids is 1. The summed E-state index contributed by atoms with van der Waals surface area (Å²) >= 11 is 0. The van der Waals surface area contributed by atoms with Crippen LogP contribution in [0, 0.1) is 0 Å². The zero-order chi connectivity index (χ0) is 18.2. The maximum atomic E-state index is 12.5.